The van der Waals surface area contributed by atoms with Crippen molar-refractivity contribution in [3.8, 4) is 0 Å². The van der Waals surface area contributed by atoms with Gasteiger partial charge in [-0.05, 0) is 31.2 Å². The van der Waals surface area contributed by atoms with Crippen LogP contribution in [0.3, 0.4) is 0 Å². The zero-order valence-corrected chi connectivity index (χ0v) is 14.7. The summed E-state index contributed by atoms with van der Waals surface area (Å²) in [5.74, 6) is 0.734. The number of hydrogen-bond acceptors (Lipinski definition) is 6. The lowest BCUT2D eigenvalue weighted by atomic mass is 10.0. The standard InChI is InChI=1S/C16H16N4OS2/c1-4-22-16-20-19-15(23-16)18-14(21)13-9(2)11-7-5-6-8-12(11)17-10(13)3/h5-8H,4H2,1-3H3,(H,18,19,21). The third-order valence-corrected chi connectivity index (χ3v) is 5.31. The van der Waals surface area contributed by atoms with Gasteiger partial charge >= 0.3 is 0 Å². The number of aromatic nitrogens is 3. The molecule has 0 spiro atoms. The van der Waals surface area contributed by atoms with E-state index in [0.717, 1.165) is 26.6 Å². The van der Waals surface area contributed by atoms with Crippen LogP contribution in [0.15, 0.2) is 28.6 Å². The number of hydrogen-bond donors (Lipinski definition) is 1. The van der Waals surface area contributed by atoms with Gasteiger partial charge < -0.3 is 0 Å². The molecule has 1 aromatic carbocycles. The van der Waals surface area contributed by atoms with Crippen LogP contribution in [0.1, 0.15) is 28.5 Å². The van der Waals surface area contributed by atoms with Gasteiger partial charge in [0.1, 0.15) is 0 Å². The van der Waals surface area contributed by atoms with Crippen molar-refractivity contribution in [3.63, 3.8) is 0 Å². The van der Waals surface area contributed by atoms with Crippen molar-refractivity contribution < 1.29 is 4.79 Å². The first-order chi connectivity index (χ1) is 11.1. The van der Waals surface area contributed by atoms with E-state index in [2.05, 4.69) is 27.4 Å². The van der Waals surface area contributed by atoms with Gasteiger partial charge in [0.05, 0.1) is 16.8 Å². The first kappa shape index (κ1) is 15.9. The molecule has 7 heteroatoms. The SMILES string of the molecule is CCSc1nnc(NC(=O)c2c(C)nc3ccccc3c2C)s1. The van der Waals surface area contributed by atoms with Crippen LogP contribution >= 0.6 is 23.1 Å². The summed E-state index contributed by atoms with van der Waals surface area (Å²) in [6.07, 6.45) is 0. The van der Waals surface area contributed by atoms with Crippen LogP contribution in [-0.2, 0) is 0 Å². The number of pyridine rings is 1. The van der Waals surface area contributed by atoms with Gasteiger partial charge in [-0.1, -0.05) is 48.2 Å². The van der Waals surface area contributed by atoms with Gasteiger partial charge in [-0.2, -0.15) is 0 Å². The lowest BCUT2D eigenvalue weighted by molar-refractivity contribution is 0.102. The minimum Gasteiger partial charge on any atom is -0.296 e. The lowest BCUT2D eigenvalue weighted by Crippen LogP contribution is -2.16. The molecule has 0 fully saturated rings. The average Bonchev–Trinajstić information content (AvgIpc) is 2.95. The largest absolute Gasteiger partial charge is 0.296 e. The van der Waals surface area contributed by atoms with E-state index >= 15 is 0 Å². The molecule has 0 saturated carbocycles. The van der Waals surface area contributed by atoms with Crippen molar-refractivity contribution in [2.45, 2.75) is 25.1 Å². The number of para-hydroxylation sites is 1. The predicted molar refractivity (Wildman–Crippen MR) is 95.5 cm³/mol. The fourth-order valence-corrected chi connectivity index (χ4v) is 4.11. The Kier molecular flexibility index (Phi) is 4.58. The molecule has 0 unspecified atom stereocenters. The van der Waals surface area contributed by atoms with Crippen molar-refractivity contribution in [2.75, 3.05) is 11.1 Å². The highest BCUT2D eigenvalue weighted by Crippen LogP contribution is 2.27. The average molecular weight is 344 g/mol. The molecule has 1 amide bonds. The molecular formula is C16H16N4OS2. The van der Waals surface area contributed by atoms with Gasteiger partial charge in [0.2, 0.25) is 5.13 Å². The number of carbonyl (C=O) groups excluding carboxylic acids is 1. The first-order valence-corrected chi connectivity index (χ1v) is 9.04. The monoisotopic (exact) mass is 344 g/mol. The molecule has 118 valence electrons. The highest BCUT2D eigenvalue weighted by molar-refractivity contribution is 8.01. The Hall–Kier alpha value is -1.99. The number of benzene rings is 1. The number of amides is 1. The summed E-state index contributed by atoms with van der Waals surface area (Å²) >= 11 is 2.99. The number of thioether (sulfide) groups is 1. The van der Waals surface area contributed by atoms with Gasteiger partial charge in [0.15, 0.2) is 4.34 Å². The second-order valence-electron chi connectivity index (χ2n) is 4.97. The minimum absolute atomic E-state index is 0.192. The summed E-state index contributed by atoms with van der Waals surface area (Å²) in [4.78, 5) is 17.2. The van der Waals surface area contributed by atoms with E-state index in [0.29, 0.717) is 16.4 Å². The van der Waals surface area contributed by atoms with Gasteiger partial charge in [0, 0.05) is 5.39 Å². The Morgan fingerprint density at radius 3 is 2.83 bits per heavy atom. The van der Waals surface area contributed by atoms with Crippen LogP contribution in [0.25, 0.3) is 10.9 Å². The first-order valence-electron chi connectivity index (χ1n) is 7.23. The van der Waals surface area contributed by atoms with Crippen LogP contribution in [0.5, 0.6) is 0 Å². The molecule has 0 saturated heterocycles. The second-order valence-corrected chi connectivity index (χ2v) is 7.46. The van der Waals surface area contributed by atoms with E-state index in [4.69, 9.17) is 0 Å². The van der Waals surface area contributed by atoms with E-state index in [1.54, 1.807) is 11.8 Å². The summed E-state index contributed by atoms with van der Waals surface area (Å²) in [7, 11) is 0. The molecule has 0 aliphatic carbocycles. The quantitative estimate of drug-likeness (QED) is 0.571. The third kappa shape index (κ3) is 3.20. The van der Waals surface area contributed by atoms with E-state index < -0.39 is 0 Å². The summed E-state index contributed by atoms with van der Waals surface area (Å²) < 4.78 is 0.855. The highest BCUT2D eigenvalue weighted by Gasteiger charge is 2.18. The zero-order valence-electron chi connectivity index (χ0n) is 13.1. The Balaban J connectivity index is 1.93. The number of fused-ring (bicyclic) bond motifs is 1. The maximum Gasteiger partial charge on any atom is 0.259 e. The van der Waals surface area contributed by atoms with Gasteiger partial charge in [-0.3, -0.25) is 15.1 Å². The normalized spacial score (nSPS) is 10.9. The maximum absolute atomic E-state index is 12.6. The molecule has 3 rings (SSSR count). The molecule has 0 aliphatic heterocycles. The Bertz CT molecular complexity index is 876. The van der Waals surface area contributed by atoms with Crippen molar-refractivity contribution >= 4 is 45.0 Å². The van der Waals surface area contributed by atoms with E-state index in [1.807, 2.05) is 38.1 Å². The Morgan fingerprint density at radius 2 is 2.04 bits per heavy atom. The fourth-order valence-electron chi connectivity index (χ4n) is 2.47. The number of aryl methyl sites for hydroxylation is 2. The third-order valence-electron chi connectivity index (χ3n) is 3.45. The van der Waals surface area contributed by atoms with Crippen LogP contribution in [0.4, 0.5) is 5.13 Å². The molecule has 0 aliphatic rings. The second kappa shape index (κ2) is 6.64. The van der Waals surface area contributed by atoms with Crippen molar-refractivity contribution in [2.24, 2.45) is 0 Å². The smallest absolute Gasteiger partial charge is 0.259 e. The minimum atomic E-state index is -0.192. The van der Waals surface area contributed by atoms with Gasteiger partial charge in [-0.15, -0.1) is 10.2 Å². The van der Waals surface area contributed by atoms with E-state index in [-0.39, 0.29) is 5.91 Å². The zero-order chi connectivity index (χ0) is 16.4. The van der Waals surface area contributed by atoms with E-state index in [1.165, 1.54) is 11.3 Å². The predicted octanol–water partition coefficient (Wildman–Crippen LogP) is 4.07. The van der Waals surface area contributed by atoms with Gasteiger partial charge in [-0.25, -0.2) is 0 Å². The van der Waals surface area contributed by atoms with Crippen LogP contribution in [-0.4, -0.2) is 26.8 Å². The van der Waals surface area contributed by atoms with Crippen molar-refractivity contribution in [1.82, 2.24) is 15.2 Å². The van der Waals surface area contributed by atoms with Crippen LogP contribution in [0.2, 0.25) is 0 Å². The number of nitrogens with zero attached hydrogens (tertiary/aromatic N) is 3. The maximum atomic E-state index is 12.6. The molecule has 2 aromatic heterocycles. The number of carbonyl (C=O) groups is 1. The van der Waals surface area contributed by atoms with Crippen LogP contribution in [0, 0.1) is 13.8 Å². The molecular weight excluding hydrogens is 328 g/mol. The summed E-state index contributed by atoms with van der Waals surface area (Å²) in [5, 5.41) is 12.4. The van der Waals surface area contributed by atoms with Crippen LogP contribution < -0.4 is 5.32 Å². The molecule has 0 bridgehead atoms. The molecule has 3 aromatic rings. The number of nitrogens with one attached hydrogen (secondary N) is 1. The fraction of sp³-hybridized carbons (Fsp3) is 0.250. The van der Waals surface area contributed by atoms with Crippen molar-refractivity contribution in [3.05, 3.63) is 41.1 Å². The highest BCUT2D eigenvalue weighted by atomic mass is 32.2. The molecule has 1 N–H and O–H groups in total. The molecule has 5 nitrogen and oxygen atoms in total. The Morgan fingerprint density at radius 1 is 1.26 bits per heavy atom. The molecule has 0 radical (unpaired) electrons. The number of rotatable bonds is 4. The topological polar surface area (TPSA) is 67.8 Å². The Labute approximate surface area is 142 Å². The van der Waals surface area contributed by atoms with Gasteiger partial charge in [0.25, 0.3) is 5.91 Å². The summed E-state index contributed by atoms with van der Waals surface area (Å²) in [6, 6.07) is 7.83. The van der Waals surface area contributed by atoms with E-state index in [9.17, 15) is 4.79 Å². The summed E-state index contributed by atoms with van der Waals surface area (Å²) in [5.41, 5.74) is 3.14. The lowest BCUT2D eigenvalue weighted by Gasteiger charge is -2.11. The molecule has 23 heavy (non-hydrogen) atoms. The summed E-state index contributed by atoms with van der Waals surface area (Å²) in [6.45, 7) is 5.86. The van der Waals surface area contributed by atoms with Crippen molar-refractivity contribution in [1.29, 1.82) is 0 Å². The molecule has 0 atom stereocenters. The number of anilines is 1. The molecule has 2 heterocycles.